The van der Waals surface area contributed by atoms with Gasteiger partial charge in [-0.05, 0) is 18.2 Å². The molecule has 0 radical (unpaired) electrons. The van der Waals surface area contributed by atoms with Crippen LogP contribution in [0, 0.1) is 0 Å². The standard InChI is InChI=1S/C15H24N2O3/c1-17(9-10-20-2)8-7-16-12-14-6-4-3-5-13(14)11-15(18)19/h3-6,16H,7-12H2,1-2H3,(H,18,19). The lowest BCUT2D eigenvalue weighted by atomic mass is 10.0. The highest BCUT2D eigenvalue weighted by Gasteiger charge is 2.05. The van der Waals surface area contributed by atoms with E-state index in [1.54, 1.807) is 7.11 Å². The first kappa shape index (κ1) is 16.6. The molecule has 0 bridgehead atoms. The number of rotatable bonds is 10. The van der Waals surface area contributed by atoms with Crippen LogP contribution in [-0.2, 0) is 22.5 Å². The zero-order chi connectivity index (χ0) is 14.8. The minimum Gasteiger partial charge on any atom is -0.481 e. The number of nitrogens with zero attached hydrogens (tertiary/aromatic N) is 1. The van der Waals surface area contributed by atoms with Crippen LogP contribution in [0.25, 0.3) is 0 Å². The summed E-state index contributed by atoms with van der Waals surface area (Å²) in [7, 11) is 3.75. The van der Waals surface area contributed by atoms with Crippen LogP contribution < -0.4 is 5.32 Å². The number of nitrogens with one attached hydrogen (secondary N) is 1. The highest BCUT2D eigenvalue weighted by atomic mass is 16.5. The number of ether oxygens (including phenoxy) is 1. The summed E-state index contributed by atoms with van der Waals surface area (Å²) in [5.74, 6) is -0.795. The van der Waals surface area contributed by atoms with E-state index in [-0.39, 0.29) is 6.42 Å². The first-order valence-corrected chi connectivity index (χ1v) is 6.80. The molecule has 5 heteroatoms. The number of likely N-dealkylation sites (N-methyl/N-ethyl adjacent to an activating group) is 1. The molecule has 0 amide bonds. The molecule has 0 aliphatic carbocycles. The lowest BCUT2D eigenvalue weighted by Crippen LogP contribution is -2.31. The number of hydrogen-bond acceptors (Lipinski definition) is 4. The van der Waals surface area contributed by atoms with Gasteiger partial charge in [0.2, 0.25) is 0 Å². The van der Waals surface area contributed by atoms with Crippen LogP contribution in [0.5, 0.6) is 0 Å². The minimum atomic E-state index is -0.795. The molecule has 5 nitrogen and oxygen atoms in total. The van der Waals surface area contributed by atoms with E-state index in [0.717, 1.165) is 37.4 Å². The molecule has 20 heavy (non-hydrogen) atoms. The Labute approximate surface area is 120 Å². The van der Waals surface area contributed by atoms with Gasteiger partial charge in [0, 0.05) is 33.3 Å². The van der Waals surface area contributed by atoms with Crippen molar-refractivity contribution in [3.63, 3.8) is 0 Å². The molecule has 2 N–H and O–H groups in total. The van der Waals surface area contributed by atoms with Crippen molar-refractivity contribution < 1.29 is 14.6 Å². The summed E-state index contributed by atoms with van der Waals surface area (Å²) in [5, 5.41) is 12.2. The molecule has 1 rings (SSSR count). The summed E-state index contributed by atoms with van der Waals surface area (Å²) in [6, 6.07) is 7.66. The second-order valence-corrected chi connectivity index (χ2v) is 4.81. The van der Waals surface area contributed by atoms with Crippen molar-refractivity contribution in [1.82, 2.24) is 10.2 Å². The Hall–Kier alpha value is -1.43. The number of methoxy groups -OCH3 is 1. The third kappa shape index (κ3) is 6.65. The number of carboxylic acids is 1. The molecule has 0 saturated heterocycles. The van der Waals surface area contributed by atoms with Gasteiger partial charge in [0.25, 0.3) is 0 Å². The highest BCUT2D eigenvalue weighted by molar-refractivity contribution is 5.70. The Kier molecular flexibility index (Phi) is 7.87. The van der Waals surface area contributed by atoms with E-state index in [0.29, 0.717) is 6.54 Å². The maximum absolute atomic E-state index is 10.8. The van der Waals surface area contributed by atoms with Gasteiger partial charge in [0.1, 0.15) is 0 Å². The third-order valence-corrected chi connectivity index (χ3v) is 3.12. The van der Waals surface area contributed by atoms with E-state index >= 15 is 0 Å². The second kappa shape index (κ2) is 9.47. The largest absolute Gasteiger partial charge is 0.481 e. The van der Waals surface area contributed by atoms with Crippen LogP contribution in [0.1, 0.15) is 11.1 Å². The topological polar surface area (TPSA) is 61.8 Å². The van der Waals surface area contributed by atoms with Gasteiger partial charge in [-0.1, -0.05) is 24.3 Å². The average Bonchev–Trinajstić information content (AvgIpc) is 2.42. The molecule has 0 spiro atoms. The Morgan fingerprint density at radius 1 is 1.30 bits per heavy atom. The van der Waals surface area contributed by atoms with E-state index in [4.69, 9.17) is 9.84 Å². The normalized spacial score (nSPS) is 10.9. The predicted octanol–water partition coefficient (Wildman–Crippen LogP) is 0.981. The van der Waals surface area contributed by atoms with Crippen LogP contribution in [0.2, 0.25) is 0 Å². The summed E-state index contributed by atoms with van der Waals surface area (Å²) >= 11 is 0. The fourth-order valence-electron chi connectivity index (χ4n) is 1.92. The molecule has 0 saturated carbocycles. The molecule has 0 unspecified atom stereocenters. The second-order valence-electron chi connectivity index (χ2n) is 4.81. The molecule has 0 aliphatic heterocycles. The summed E-state index contributed by atoms with van der Waals surface area (Å²) in [6.45, 7) is 4.14. The third-order valence-electron chi connectivity index (χ3n) is 3.12. The predicted molar refractivity (Wildman–Crippen MR) is 78.9 cm³/mol. The van der Waals surface area contributed by atoms with Crippen LogP contribution in [0.3, 0.4) is 0 Å². The van der Waals surface area contributed by atoms with Crippen molar-refractivity contribution in [2.45, 2.75) is 13.0 Å². The van der Waals surface area contributed by atoms with Gasteiger partial charge in [0.05, 0.1) is 13.0 Å². The van der Waals surface area contributed by atoms with Crippen molar-refractivity contribution in [2.24, 2.45) is 0 Å². The monoisotopic (exact) mass is 280 g/mol. The first-order valence-electron chi connectivity index (χ1n) is 6.80. The summed E-state index contributed by atoms with van der Waals surface area (Å²) in [4.78, 5) is 13.0. The van der Waals surface area contributed by atoms with E-state index in [1.807, 2.05) is 24.3 Å². The van der Waals surface area contributed by atoms with Crippen molar-refractivity contribution in [3.05, 3.63) is 35.4 Å². The van der Waals surface area contributed by atoms with Gasteiger partial charge >= 0.3 is 5.97 Å². The zero-order valence-electron chi connectivity index (χ0n) is 12.3. The Morgan fingerprint density at radius 2 is 2.00 bits per heavy atom. The van der Waals surface area contributed by atoms with Gasteiger partial charge in [-0.25, -0.2) is 0 Å². The number of carboxylic acid groups (broad SMARTS) is 1. The van der Waals surface area contributed by atoms with Gasteiger partial charge in [0.15, 0.2) is 0 Å². The minimum absolute atomic E-state index is 0.0750. The molecule has 1 aromatic rings. The van der Waals surface area contributed by atoms with E-state index in [9.17, 15) is 4.79 Å². The van der Waals surface area contributed by atoms with Gasteiger partial charge in [-0.2, -0.15) is 0 Å². The van der Waals surface area contributed by atoms with Crippen molar-refractivity contribution in [2.75, 3.05) is 40.4 Å². The van der Waals surface area contributed by atoms with Crippen molar-refractivity contribution in [1.29, 1.82) is 0 Å². The summed E-state index contributed by atoms with van der Waals surface area (Å²) < 4.78 is 5.02. The van der Waals surface area contributed by atoms with Gasteiger partial charge in [-0.15, -0.1) is 0 Å². The summed E-state index contributed by atoms with van der Waals surface area (Å²) in [6.07, 6.45) is 0.0750. The molecular weight excluding hydrogens is 256 g/mol. The molecule has 1 aromatic carbocycles. The fraction of sp³-hybridized carbons (Fsp3) is 0.533. The number of aliphatic carboxylic acids is 1. The maximum Gasteiger partial charge on any atom is 0.307 e. The lowest BCUT2D eigenvalue weighted by molar-refractivity contribution is -0.136. The Balaban J connectivity index is 2.33. The molecule has 0 heterocycles. The smallest absolute Gasteiger partial charge is 0.307 e. The SMILES string of the molecule is COCCN(C)CCNCc1ccccc1CC(=O)O. The van der Waals surface area contributed by atoms with E-state index in [1.165, 1.54) is 0 Å². The molecule has 0 aromatic heterocycles. The van der Waals surface area contributed by atoms with Gasteiger partial charge in [-0.3, -0.25) is 4.79 Å². The highest BCUT2D eigenvalue weighted by Crippen LogP contribution is 2.09. The van der Waals surface area contributed by atoms with E-state index < -0.39 is 5.97 Å². The number of hydrogen-bond donors (Lipinski definition) is 2. The zero-order valence-corrected chi connectivity index (χ0v) is 12.3. The van der Waals surface area contributed by atoms with Crippen molar-refractivity contribution >= 4 is 5.97 Å². The number of benzene rings is 1. The van der Waals surface area contributed by atoms with Crippen LogP contribution >= 0.6 is 0 Å². The molecular formula is C15H24N2O3. The molecule has 0 fully saturated rings. The van der Waals surface area contributed by atoms with Crippen LogP contribution in [-0.4, -0.2) is 56.4 Å². The van der Waals surface area contributed by atoms with Crippen LogP contribution in [0.15, 0.2) is 24.3 Å². The molecule has 0 atom stereocenters. The molecule has 112 valence electrons. The molecule has 0 aliphatic rings. The first-order chi connectivity index (χ1) is 9.63. The van der Waals surface area contributed by atoms with Crippen LogP contribution in [0.4, 0.5) is 0 Å². The maximum atomic E-state index is 10.8. The number of carbonyl (C=O) groups is 1. The quantitative estimate of drug-likeness (QED) is 0.626. The average molecular weight is 280 g/mol. The van der Waals surface area contributed by atoms with Crippen molar-refractivity contribution in [3.8, 4) is 0 Å². The summed E-state index contributed by atoms with van der Waals surface area (Å²) in [5.41, 5.74) is 1.93. The van der Waals surface area contributed by atoms with E-state index in [2.05, 4.69) is 17.3 Å². The fourth-order valence-corrected chi connectivity index (χ4v) is 1.92. The Bertz CT molecular complexity index is 410. The lowest BCUT2D eigenvalue weighted by Gasteiger charge is -2.16. The Morgan fingerprint density at radius 3 is 2.65 bits per heavy atom. The van der Waals surface area contributed by atoms with Gasteiger partial charge < -0.3 is 20.1 Å².